The number of nitrogens with two attached hydrogens (primary N) is 1. The Balaban J connectivity index is 3.06. The Bertz CT molecular complexity index is 688. The van der Waals surface area contributed by atoms with Gasteiger partial charge in [-0.15, -0.1) is 0 Å². The van der Waals surface area contributed by atoms with Gasteiger partial charge in [-0.05, 0) is 19.1 Å². The molecule has 0 bridgehead atoms. The molecule has 94 valence electrons. The van der Waals surface area contributed by atoms with E-state index in [4.69, 9.17) is 17.3 Å². The molecule has 0 saturated carbocycles. The number of carboxylic acids is 1. The average Bonchev–Trinajstić information content (AvgIpc) is 2.51. The van der Waals surface area contributed by atoms with E-state index >= 15 is 0 Å². The van der Waals surface area contributed by atoms with Gasteiger partial charge in [-0.2, -0.15) is 0 Å². The monoisotopic (exact) mass is 266 g/mol. The standard InChI is InChI=1S/C12H11ClN2O3/c1-5-9(12(17)18)10-7(11(14)16)3-6(13)4-8(10)15(5)2/h3-4H,1-2H3,(H2,14,16)(H,17,18). The lowest BCUT2D eigenvalue weighted by atomic mass is 10.0. The fourth-order valence-corrected chi connectivity index (χ4v) is 2.32. The maximum Gasteiger partial charge on any atom is 0.338 e. The Hall–Kier alpha value is -2.01. The van der Waals surface area contributed by atoms with Crippen LogP contribution in [0.1, 0.15) is 26.4 Å². The number of fused-ring (bicyclic) bond motifs is 1. The van der Waals surface area contributed by atoms with Crippen LogP contribution < -0.4 is 5.73 Å². The molecular weight excluding hydrogens is 256 g/mol. The van der Waals surface area contributed by atoms with Crippen LogP contribution in [0.4, 0.5) is 0 Å². The molecule has 1 aromatic carbocycles. The van der Waals surface area contributed by atoms with Gasteiger partial charge in [0.1, 0.15) is 0 Å². The number of hydrogen-bond acceptors (Lipinski definition) is 2. The molecule has 0 unspecified atom stereocenters. The summed E-state index contributed by atoms with van der Waals surface area (Å²) in [5, 5.41) is 9.93. The molecule has 2 aromatic rings. The fraction of sp³-hybridized carbons (Fsp3) is 0.167. The van der Waals surface area contributed by atoms with Crippen molar-refractivity contribution in [1.82, 2.24) is 4.57 Å². The number of hydrogen-bond donors (Lipinski definition) is 2. The lowest BCUT2D eigenvalue weighted by molar-refractivity contribution is 0.0698. The lowest BCUT2D eigenvalue weighted by Crippen LogP contribution is -2.12. The Morgan fingerprint density at radius 1 is 1.39 bits per heavy atom. The molecule has 0 atom stereocenters. The molecule has 6 heteroatoms. The summed E-state index contributed by atoms with van der Waals surface area (Å²) in [4.78, 5) is 22.7. The van der Waals surface area contributed by atoms with Crippen molar-refractivity contribution in [3.8, 4) is 0 Å². The van der Waals surface area contributed by atoms with E-state index in [2.05, 4.69) is 0 Å². The quantitative estimate of drug-likeness (QED) is 0.871. The van der Waals surface area contributed by atoms with Crippen molar-refractivity contribution in [3.05, 3.63) is 34.0 Å². The number of aryl methyl sites for hydroxylation is 1. The Morgan fingerprint density at radius 3 is 2.50 bits per heavy atom. The predicted molar refractivity (Wildman–Crippen MR) is 68.1 cm³/mol. The summed E-state index contributed by atoms with van der Waals surface area (Å²) < 4.78 is 1.68. The molecule has 0 aliphatic heterocycles. The third kappa shape index (κ3) is 1.64. The summed E-state index contributed by atoms with van der Waals surface area (Å²) in [6.45, 7) is 1.67. The summed E-state index contributed by atoms with van der Waals surface area (Å²) in [5.74, 6) is -1.79. The zero-order valence-corrected chi connectivity index (χ0v) is 10.6. The minimum Gasteiger partial charge on any atom is -0.478 e. The minimum atomic E-state index is -1.09. The Morgan fingerprint density at radius 2 is 2.00 bits per heavy atom. The molecule has 2 rings (SSSR count). The normalized spacial score (nSPS) is 10.8. The Kier molecular flexibility index (Phi) is 2.78. The smallest absolute Gasteiger partial charge is 0.338 e. The van der Waals surface area contributed by atoms with Crippen LogP contribution in [-0.4, -0.2) is 21.6 Å². The highest BCUT2D eigenvalue weighted by molar-refractivity contribution is 6.32. The molecule has 0 aliphatic carbocycles. The number of rotatable bonds is 2. The lowest BCUT2D eigenvalue weighted by Gasteiger charge is -2.02. The molecule has 0 radical (unpaired) electrons. The van der Waals surface area contributed by atoms with Crippen LogP contribution in [0.2, 0.25) is 5.02 Å². The first-order chi connectivity index (χ1) is 8.34. The molecule has 3 N–H and O–H groups in total. The van der Waals surface area contributed by atoms with Crippen molar-refractivity contribution >= 4 is 34.4 Å². The van der Waals surface area contributed by atoms with E-state index in [9.17, 15) is 14.7 Å². The minimum absolute atomic E-state index is 0.0815. The molecule has 0 spiro atoms. The molecular formula is C12H11ClN2O3. The molecule has 1 amide bonds. The van der Waals surface area contributed by atoms with E-state index in [0.717, 1.165) is 0 Å². The van der Waals surface area contributed by atoms with Gasteiger partial charge >= 0.3 is 5.97 Å². The second-order valence-corrected chi connectivity index (χ2v) is 4.47. The molecule has 0 fully saturated rings. The van der Waals surface area contributed by atoms with Crippen molar-refractivity contribution in [2.75, 3.05) is 0 Å². The van der Waals surface area contributed by atoms with Crippen molar-refractivity contribution in [3.63, 3.8) is 0 Å². The zero-order valence-electron chi connectivity index (χ0n) is 9.82. The van der Waals surface area contributed by atoms with Crippen LogP contribution >= 0.6 is 11.6 Å². The maximum atomic E-state index is 11.4. The van der Waals surface area contributed by atoms with Crippen molar-refractivity contribution < 1.29 is 14.7 Å². The van der Waals surface area contributed by atoms with Crippen molar-refractivity contribution in [2.45, 2.75) is 6.92 Å². The zero-order chi connectivity index (χ0) is 13.6. The summed E-state index contributed by atoms with van der Waals surface area (Å²) in [5.41, 5.74) is 6.60. The number of carbonyl (C=O) groups excluding carboxylic acids is 1. The summed E-state index contributed by atoms with van der Waals surface area (Å²) in [6.07, 6.45) is 0. The molecule has 0 saturated heterocycles. The molecule has 18 heavy (non-hydrogen) atoms. The van der Waals surface area contributed by atoms with Crippen LogP contribution in [0.15, 0.2) is 12.1 Å². The number of carboxylic acid groups (broad SMARTS) is 1. The van der Waals surface area contributed by atoms with Gasteiger partial charge in [-0.3, -0.25) is 4.79 Å². The first-order valence-corrected chi connectivity index (χ1v) is 5.54. The maximum absolute atomic E-state index is 11.4. The second-order valence-electron chi connectivity index (χ2n) is 4.04. The number of amides is 1. The SMILES string of the molecule is Cc1c(C(=O)O)c2c(C(N)=O)cc(Cl)cc2n1C. The van der Waals surface area contributed by atoms with Crippen LogP contribution in [0.25, 0.3) is 10.9 Å². The highest BCUT2D eigenvalue weighted by atomic mass is 35.5. The highest BCUT2D eigenvalue weighted by Gasteiger charge is 2.22. The van der Waals surface area contributed by atoms with E-state index in [1.54, 1.807) is 24.6 Å². The highest BCUT2D eigenvalue weighted by Crippen LogP contribution is 2.31. The van der Waals surface area contributed by atoms with Gasteiger partial charge in [-0.25, -0.2) is 4.79 Å². The molecule has 1 heterocycles. The van der Waals surface area contributed by atoms with E-state index in [0.29, 0.717) is 21.6 Å². The van der Waals surface area contributed by atoms with Crippen LogP contribution in [0.5, 0.6) is 0 Å². The molecule has 1 aromatic heterocycles. The van der Waals surface area contributed by atoms with Gasteiger partial charge in [0.05, 0.1) is 16.6 Å². The van der Waals surface area contributed by atoms with Gasteiger partial charge in [0, 0.05) is 23.2 Å². The first-order valence-electron chi connectivity index (χ1n) is 5.16. The predicted octanol–water partition coefficient (Wildman–Crippen LogP) is 1.94. The largest absolute Gasteiger partial charge is 0.478 e. The fourth-order valence-electron chi connectivity index (χ4n) is 2.11. The van der Waals surface area contributed by atoms with Crippen LogP contribution in [-0.2, 0) is 7.05 Å². The van der Waals surface area contributed by atoms with Gasteiger partial charge in [0.15, 0.2) is 0 Å². The number of carbonyl (C=O) groups is 2. The van der Waals surface area contributed by atoms with E-state index in [1.165, 1.54) is 6.07 Å². The van der Waals surface area contributed by atoms with Crippen molar-refractivity contribution in [1.29, 1.82) is 0 Å². The summed E-state index contributed by atoms with van der Waals surface area (Å²) >= 11 is 5.91. The first kappa shape index (κ1) is 12.4. The average molecular weight is 267 g/mol. The van der Waals surface area contributed by atoms with Crippen LogP contribution in [0.3, 0.4) is 0 Å². The molecule has 0 aliphatic rings. The number of aromatic carboxylic acids is 1. The van der Waals surface area contributed by atoms with Gasteiger partial charge in [0.25, 0.3) is 0 Å². The summed E-state index contributed by atoms with van der Waals surface area (Å²) in [7, 11) is 1.71. The van der Waals surface area contributed by atoms with Crippen LogP contribution in [0, 0.1) is 6.92 Å². The van der Waals surface area contributed by atoms with E-state index < -0.39 is 11.9 Å². The molecule has 5 nitrogen and oxygen atoms in total. The number of halogens is 1. The summed E-state index contributed by atoms with van der Waals surface area (Å²) in [6, 6.07) is 3.00. The van der Waals surface area contributed by atoms with Crippen molar-refractivity contribution in [2.24, 2.45) is 12.8 Å². The Labute approximate surface area is 108 Å². The number of primary amides is 1. The van der Waals surface area contributed by atoms with Gasteiger partial charge < -0.3 is 15.4 Å². The third-order valence-corrected chi connectivity index (χ3v) is 3.26. The topological polar surface area (TPSA) is 85.3 Å². The second kappa shape index (κ2) is 4.03. The van der Waals surface area contributed by atoms with E-state index in [1.807, 2.05) is 0 Å². The van der Waals surface area contributed by atoms with Gasteiger partial charge in [0.2, 0.25) is 5.91 Å². The number of nitrogens with zero attached hydrogens (tertiary/aromatic N) is 1. The van der Waals surface area contributed by atoms with Gasteiger partial charge in [-0.1, -0.05) is 11.6 Å². The number of aromatic nitrogens is 1. The van der Waals surface area contributed by atoms with E-state index in [-0.39, 0.29) is 11.1 Å². The third-order valence-electron chi connectivity index (χ3n) is 3.04. The number of benzene rings is 1.